The third kappa shape index (κ3) is 2.98. The molecule has 6 heteroatoms. The van der Waals surface area contributed by atoms with Crippen LogP contribution < -0.4 is 10.7 Å². The Balaban J connectivity index is 1.80. The van der Waals surface area contributed by atoms with Crippen molar-refractivity contribution in [2.24, 2.45) is 0 Å². The molecule has 3 rings (SSSR count). The Labute approximate surface area is 145 Å². The van der Waals surface area contributed by atoms with Crippen molar-refractivity contribution in [1.29, 1.82) is 0 Å². The Morgan fingerprint density at radius 2 is 1.72 bits per heavy atom. The Hall–Kier alpha value is -3.15. The summed E-state index contributed by atoms with van der Waals surface area (Å²) in [5, 5.41) is 3.38. The molecule has 0 spiro atoms. The lowest BCUT2D eigenvalue weighted by Crippen LogP contribution is -2.47. The van der Waals surface area contributed by atoms with Crippen molar-refractivity contribution in [3.8, 4) is 0 Å². The number of carbonyl (C=O) groups excluding carboxylic acids is 3. The highest BCUT2D eigenvalue weighted by atomic mass is 16.2. The molecule has 0 radical (unpaired) electrons. The highest BCUT2D eigenvalue weighted by Gasteiger charge is 2.49. The van der Waals surface area contributed by atoms with E-state index in [1.54, 1.807) is 43.3 Å². The van der Waals surface area contributed by atoms with Crippen LogP contribution >= 0.6 is 0 Å². The number of urea groups is 1. The summed E-state index contributed by atoms with van der Waals surface area (Å²) in [4.78, 5) is 37.3. The third-order valence-electron chi connectivity index (χ3n) is 4.38. The first-order valence-electron chi connectivity index (χ1n) is 8.08. The maximum Gasteiger partial charge on any atom is 0.344 e. The summed E-state index contributed by atoms with van der Waals surface area (Å²) in [5.74, 6) is -1.04. The van der Waals surface area contributed by atoms with Crippen molar-refractivity contribution < 1.29 is 14.4 Å². The average molecular weight is 337 g/mol. The molecule has 1 aliphatic rings. The van der Waals surface area contributed by atoms with Crippen LogP contribution in [0.2, 0.25) is 0 Å². The number of nitrogens with zero attached hydrogens (tertiary/aromatic N) is 1. The molecule has 4 amide bonds. The van der Waals surface area contributed by atoms with Gasteiger partial charge >= 0.3 is 6.03 Å². The molecule has 1 heterocycles. The standard InChI is InChI=1S/C19H19N3O3/c1-3-13-9-11-14(12-10-13)16(23)21-22-17(24)19(2,20-18(22)25)15-7-5-4-6-8-15/h4-12H,3H2,1-2H3,(H,20,25)(H,21,23). The molecular weight excluding hydrogens is 318 g/mol. The SMILES string of the molecule is CCc1ccc(C(=O)NN2C(=O)NC(C)(c3ccccc3)C2=O)cc1. The molecule has 0 aliphatic carbocycles. The van der Waals surface area contributed by atoms with E-state index in [0.29, 0.717) is 11.1 Å². The minimum atomic E-state index is -1.21. The van der Waals surface area contributed by atoms with Gasteiger partial charge in [-0.25, -0.2) is 4.79 Å². The molecule has 1 fully saturated rings. The highest BCUT2D eigenvalue weighted by molar-refractivity contribution is 6.09. The fourth-order valence-corrected chi connectivity index (χ4v) is 2.77. The summed E-state index contributed by atoms with van der Waals surface area (Å²) in [6.07, 6.45) is 0.865. The van der Waals surface area contributed by atoms with Gasteiger partial charge in [-0.15, -0.1) is 0 Å². The van der Waals surface area contributed by atoms with Crippen molar-refractivity contribution in [3.63, 3.8) is 0 Å². The van der Waals surface area contributed by atoms with Gasteiger partial charge in [0.2, 0.25) is 0 Å². The monoisotopic (exact) mass is 337 g/mol. The van der Waals surface area contributed by atoms with E-state index >= 15 is 0 Å². The van der Waals surface area contributed by atoms with Crippen molar-refractivity contribution in [2.45, 2.75) is 25.8 Å². The minimum absolute atomic E-state index is 0.381. The normalized spacial score (nSPS) is 19.7. The van der Waals surface area contributed by atoms with E-state index in [1.807, 2.05) is 25.1 Å². The van der Waals surface area contributed by atoms with Crippen LogP contribution in [-0.2, 0) is 16.8 Å². The molecule has 1 saturated heterocycles. The summed E-state index contributed by atoms with van der Waals surface area (Å²) in [7, 11) is 0. The Morgan fingerprint density at radius 1 is 1.08 bits per heavy atom. The number of aryl methyl sites for hydroxylation is 1. The summed E-state index contributed by atoms with van der Waals surface area (Å²) in [5.41, 5.74) is 3.31. The predicted molar refractivity (Wildman–Crippen MR) is 92.5 cm³/mol. The quantitative estimate of drug-likeness (QED) is 0.841. The van der Waals surface area contributed by atoms with Crippen LogP contribution in [0.1, 0.15) is 35.3 Å². The van der Waals surface area contributed by atoms with Gasteiger partial charge in [0.05, 0.1) is 0 Å². The lowest BCUT2D eigenvalue weighted by molar-refractivity contribution is -0.132. The Kier molecular flexibility index (Phi) is 4.27. The minimum Gasteiger partial charge on any atom is -0.318 e. The summed E-state index contributed by atoms with van der Waals surface area (Å²) in [6.45, 7) is 3.64. The molecule has 25 heavy (non-hydrogen) atoms. The van der Waals surface area contributed by atoms with Gasteiger partial charge in [0, 0.05) is 5.56 Å². The lowest BCUT2D eigenvalue weighted by Gasteiger charge is -2.22. The number of imide groups is 1. The zero-order valence-electron chi connectivity index (χ0n) is 14.1. The summed E-state index contributed by atoms with van der Waals surface area (Å²) >= 11 is 0. The van der Waals surface area contributed by atoms with E-state index in [2.05, 4.69) is 10.7 Å². The molecule has 6 nitrogen and oxygen atoms in total. The van der Waals surface area contributed by atoms with Gasteiger partial charge in [-0.2, -0.15) is 5.01 Å². The summed E-state index contributed by atoms with van der Waals surface area (Å²) in [6, 6.07) is 15.3. The van der Waals surface area contributed by atoms with Crippen molar-refractivity contribution in [2.75, 3.05) is 0 Å². The Bertz CT molecular complexity index is 818. The van der Waals surface area contributed by atoms with E-state index in [1.165, 1.54) is 0 Å². The number of nitrogens with one attached hydrogen (secondary N) is 2. The average Bonchev–Trinajstić information content (AvgIpc) is 2.86. The molecule has 1 unspecified atom stereocenters. The Morgan fingerprint density at radius 3 is 2.32 bits per heavy atom. The van der Waals surface area contributed by atoms with Gasteiger partial charge in [0.1, 0.15) is 5.54 Å². The van der Waals surface area contributed by atoms with Crippen LogP contribution in [0, 0.1) is 0 Å². The van der Waals surface area contributed by atoms with E-state index in [4.69, 9.17) is 0 Å². The fourth-order valence-electron chi connectivity index (χ4n) is 2.77. The number of amides is 4. The number of rotatable bonds is 4. The van der Waals surface area contributed by atoms with E-state index in [9.17, 15) is 14.4 Å². The zero-order valence-corrected chi connectivity index (χ0v) is 14.1. The number of hydrogen-bond acceptors (Lipinski definition) is 3. The zero-order chi connectivity index (χ0) is 18.0. The molecule has 1 aliphatic heterocycles. The number of hydrazine groups is 1. The largest absolute Gasteiger partial charge is 0.344 e. The van der Waals surface area contributed by atoms with Crippen LogP contribution in [0.15, 0.2) is 54.6 Å². The number of benzene rings is 2. The lowest BCUT2D eigenvalue weighted by atomic mass is 9.92. The third-order valence-corrected chi connectivity index (χ3v) is 4.38. The first kappa shape index (κ1) is 16.7. The van der Waals surface area contributed by atoms with E-state index < -0.39 is 23.4 Å². The topological polar surface area (TPSA) is 78.5 Å². The molecule has 2 aromatic carbocycles. The van der Waals surface area contributed by atoms with Gasteiger partial charge in [0.15, 0.2) is 0 Å². The van der Waals surface area contributed by atoms with Crippen molar-refractivity contribution >= 4 is 17.8 Å². The fraction of sp³-hybridized carbons (Fsp3) is 0.211. The number of hydrogen-bond donors (Lipinski definition) is 2. The van der Waals surface area contributed by atoms with Crippen LogP contribution in [-0.4, -0.2) is 22.9 Å². The summed E-state index contributed by atoms with van der Waals surface area (Å²) < 4.78 is 0. The van der Waals surface area contributed by atoms with E-state index in [0.717, 1.165) is 17.0 Å². The maximum atomic E-state index is 12.7. The van der Waals surface area contributed by atoms with Crippen LogP contribution in [0.3, 0.4) is 0 Å². The second kappa shape index (κ2) is 6.39. The molecular formula is C19H19N3O3. The molecule has 0 bridgehead atoms. The molecule has 2 aromatic rings. The van der Waals surface area contributed by atoms with Crippen LogP contribution in [0.4, 0.5) is 4.79 Å². The van der Waals surface area contributed by atoms with Gasteiger partial charge in [-0.3, -0.25) is 15.0 Å². The molecule has 128 valence electrons. The molecule has 1 atom stereocenters. The van der Waals surface area contributed by atoms with Crippen molar-refractivity contribution in [3.05, 3.63) is 71.3 Å². The van der Waals surface area contributed by atoms with Gasteiger partial charge in [-0.05, 0) is 36.6 Å². The number of carbonyl (C=O) groups is 3. The van der Waals surface area contributed by atoms with Gasteiger partial charge in [-0.1, -0.05) is 49.4 Å². The predicted octanol–water partition coefficient (Wildman–Crippen LogP) is 2.36. The second-order valence-corrected chi connectivity index (χ2v) is 6.05. The molecule has 0 saturated carbocycles. The van der Waals surface area contributed by atoms with Crippen LogP contribution in [0.5, 0.6) is 0 Å². The van der Waals surface area contributed by atoms with E-state index in [-0.39, 0.29) is 0 Å². The maximum absolute atomic E-state index is 12.7. The van der Waals surface area contributed by atoms with Gasteiger partial charge in [0.25, 0.3) is 11.8 Å². The first-order chi connectivity index (χ1) is 12.0. The highest BCUT2D eigenvalue weighted by Crippen LogP contribution is 2.27. The van der Waals surface area contributed by atoms with Crippen LogP contribution in [0.25, 0.3) is 0 Å². The second-order valence-electron chi connectivity index (χ2n) is 6.05. The first-order valence-corrected chi connectivity index (χ1v) is 8.08. The van der Waals surface area contributed by atoms with Crippen molar-refractivity contribution in [1.82, 2.24) is 15.8 Å². The van der Waals surface area contributed by atoms with Gasteiger partial charge < -0.3 is 5.32 Å². The smallest absolute Gasteiger partial charge is 0.318 e. The molecule has 0 aromatic heterocycles. The molecule has 2 N–H and O–H groups in total.